The molecule has 0 saturated carbocycles. The summed E-state index contributed by atoms with van der Waals surface area (Å²) in [4.78, 5) is 28.7. The third-order valence-electron chi connectivity index (χ3n) is 3.12. The van der Waals surface area contributed by atoms with Crippen LogP contribution in [-0.2, 0) is 14.3 Å². The maximum Gasteiger partial charge on any atom is 0.343 e. The number of nitrogens with zero attached hydrogens (tertiary/aromatic N) is 2. The number of carbonyl (C=O) groups is 2. The molecular weight excluding hydrogens is 304 g/mol. The number of allylic oxidation sites excluding steroid dienone is 1. The molecule has 0 aliphatic heterocycles. The average molecular weight is 330 g/mol. The lowest BCUT2D eigenvalue weighted by molar-refractivity contribution is -0.139. The first kappa shape index (κ1) is 19.5. The second-order valence-corrected chi connectivity index (χ2v) is 5.93. The van der Waals surface area contributed by atoms with Crippen LogP contribution in [0.15, 0.2) is 42.2 Å². The fourth-order valence-electron chi connectivity index (χ4n) is 2.07. The number of Topliss-reactive ketones (excluding diaryl/α,β-unsaturated/α-hetero) is 1. The number of ketones is 1. The van der Waals surface area contributed by atoms with E-state index in [1.54, 1.807) is 37.0 Å². The Hall–Kier alpha value is -2.56. The molecule has 0 aliphatic carbocycles. The molecule has 0 spiro atoms. The number of carbonyl (C=O) groups excluding carboxylic acids is 2. The molecule has 0 saturated heterocycles. The summed E-state index contributed by atoms with van der Waals surface area (Å²) >= 11 is 0. The van der Waals surface area contributed by atoms with Gasteiger partial charge >= 0.3 is 5.97 Å². The van der Waals surface area contributed by atoms with Gasteiger partial charge in [0.15, 0.2) is 0 Å². The van der Waals surface area contributed by atoms with E-state index >= 15 is 0 Å². The van der Waals surface area contributed by atoms with E-state index in [-0.39, 0.29) is 18.0 Å². The van der Waals surface area contributed by atoms with Crippen molar-refractivity contribution in [2.45, 2.75) is 13.8 Å². The molecule has 1 aromatic rings. The summed E-state index contributed by atoms with van der Waals surface area (Å²) in [6, 6.07) is 7.62. The summed E-state index contributed by atoms with van der Waals surface area (Å²) in [5.41, 5.74) is 2.31. The summed E-state index contributed by atoms with van der Waals surface area (Å²) in [5.74, 6) is -0.979. The number of ether oxygens (including phenoxy) is 1. The lowest BCUT2D eigenvalue weighted by Gasteiger charge is -2.15. The lowest BCUT2D eigenvalue weighted by Crippen LogP contribution is -2.21. The first-order chi connectivity index (χ1) is 11.3. The molecule has 0 fully saturated rings. The van der Waals surface area contributed by atoms with E-state index in [0.29, 0.717) is 5.57 Å². The monoisotopic (exact) mass is 330 g/mol. The maximum absolute atomic E-state index is 13.0. The highest BCUT2D eigenvalue weighted by atomic mass is 16.5. The molecular formula is C19H26N2O3. The van der Waals surface area contributed by atoms with Crippen molar-refractivity contribution in [2.24, 2.45) is 0 Å². The summed E-state index contributed by atoms with van der Waals surface area (Å²) in [6.07, 6.45) is 3.22. The first-order valence-electron chi connectivity index (χ1n) is 7.81. The number of esters is 1. The molecule has 1 aromatic carbocycles. The predicted molar refractivity (Wildman–Crippen MR) is 96.3 cm³/mol. The molecule has 0 atom stereocenters. The zero-order valence-electron chi connectivity index (χ0n) is 15.3. The molecule has 5 heteroatoms. The van der Waals surface area contributed by atoms with Crippen LogP contribution in [0.3, 0.4) is 0 Å². The molecule has 0 heterocycles. The highest BCUT2D eigenvalue weighted by Crippen LogP contribution is 2.21. The highest BCUT2D eigenvalue weighted by molar-refractivity contribution is 6.36. The van der Waals surface area contributed by atoms with Gasteiger partial charge in [0.2, 0.25) is 5.78 Å². The van der Waals surface area contributed by atoms with Crippen LogP contribution in [-0.4, -0.2) is 56.3 Å². The van der Waals surface area contributed by atoms with Gasteiger partial charge in [0.1, 0.15) is 5.57 Å². The molecule has 24 heavy (non-hydrogen) atoms. The van der Waals surface area contributed by atoms with E-state index in [1.165, 1.54) is 6.20 Å². The van der Waals surface area contributed by atoms with Crippen molar-refractivity contribution in [1.29, 1.82) is 0 Å². The Morgan fingerprint density at radius 2 is 1.54 bits per heavy atom. The highest BCUT2D eigenvalue weighted by Gasteiger charge is 2.24. The predicted octanol–water partition coefficient (Wildman–Crippen LogP) is 2.48. The largest absolute Gasteiger partial charge is 0.462 e. The topological polar surface area (TPSA) is 49.9 Å². The Morgan fingerprint density at radius 3 is 2.00 bits per heavy atom. The second-order valence-electron chi connectivity index (χ2n) is 5.93. The Labute approximate surface area is 144 Å². The number of benzene rings is 1. The van der Waals surface area contributed by atoms with E-state index in [4.69, 9.17) is 4.74 Å². The van der Waals surface area contributed by atoms with Crippen LogP contribution in [0.1, 0.15) is 18.1 Å². The van der Waals surface area contributed by atoms with Crippen molar-refractivity contribution in [2.75, 3.05) is 34.8 Å². The average Bonchev–Trinajstić information content (AvgIpc) is 2.50. The van der Waals surface area contributed by atoms with Crippen molar-refractivity contribution >= 4 is 17.3 Å². The van der Waals surface area contributed by atoms with Gasteiger partial charge in [-0.3, -0.25) is 4.79 Å². The SMILES string of the molecule is CCOC(=O)/C(=C\N(C)C)C(=O)/C(=C/N(C)C)c1ccc(C)cc1. The molecule has 5 nitrogen and oxygen atoms in total. The summed E-state index contributed by atoms with van der Waals surface area (Å²) in [6.45, 7) is 3.91. The fraction of sp³-hybridized carbons (Fsp3) is 0.368. The summed E-state index contributed by atoms with van der Waals surface area (Å²) in [7, 11) is 7.18. The first-order valence-corrected chi connectivity index (χ1v) is 7.81. The van der Waals surface area contributed by atoms with E-state index in [1.807, 2.05) is 45.3 Å². The number of hydrogen-bond donors (Lipinski definition) is 0. The Morgan fingerprint density at radius 1 is 1.00 bits per heavy atom. The summed E-state index contributed by atoms with van der Waals surface area (Å²) < 4.78 is 5.04. The standard InChI is InChI=1S/C19H26N2O3/c1-7-24-19(23)17(13-21(5)6)18(22)16(12-20(3)4)15-10-8-14(2)9-11-15/h8-13H,7H2,1-6H3/b16-12+,17-13-. The van der Waals surface area contributed by atoms with Crippen LogP contribution in [0.25, 0.3) is 5.57 Å². The van der Waals surface area contributed by atoms with Crippen LogP contribution < -0.4 is 0 Å². The van der Waals surface area contributed by atoms with Gasteiger partial charge in [-0.15, -0.1) is 0 Å². The number of rotatable bonds is 7. The fourth-order valence-corrected chi connectivity index (χ4v) is 2.07. The zero-order valence-corrected chi connectivity index (χ0v) is 15.3. The molecule has 1 rings (SSSR count). The van der Waals surface area contributed by atoms with Gasteiger partial charge < -0.3 is 14.5 Å². The normalized spacial score (nSPS) is 11.9. The Bertz CT molecular complexity index is 641. The van der Waals surface area contributed by atoms with E-state index in [2.05, 4.69) is 0 Å². The molecule has 0 N–H and O–H groups in total. The quantitative estimate of drug-likeness (QED) is 0.333. The van der Waals surface area contributed by atoms with Crippen LogP contribution in [0.5, 0.6) is 0 Å². The van der Waals surface area contributed by atoms with Gasteiger partial charge in [0.05, 0.1) is 6.61 Å². The van der Waals surface area contributed by atoms with Crippen LogP contribution >= 0.6 is 0 Å². The second kappa shape index (κ2) is 8.91. The molecule has 0 bridgehead atoms. The van der Waals surface area contributed by atoms with Crippen LogP contribution in [0.2, 0.25) is 0 Å². The number of aryl methyl sites for hydroxylation is 1. The minimum Gasteiger partial charge on any atom is -0.462 e. The van der Waals surface area contributed by atoms with E-state index < -0.39 is 5.97 Å². The number of hydrogen-bond acceptors (Lipinski definition) is 5. The molecule has 0 unspecified atom stereocenters. The Balaban J connectivity index is 3.36. The van der Waals surface area contributed by atoms with Crippen molar-refractivity contribution in [3.63, 3.8) is 0 Å². The zero-order chi connectivity index (χ0) is 18.3. The van der Waals surface area contributed by atoms with Crippen molar-refractivity contribution in [1.82, 2.24) is 9.80 Å². The van der Waals surface area contributed by atoms with E-state index in [0.717, 1.165) is 11.1 Å². The van der Waals surface area contributed by atoms with Gasteiger partial charge in [-0.1, -0.05) is 29.8 Å². The minimum atomic E-state index is -0.618. The third kappa shape index (κ3) is 5.57. The van der Waals surface area contributed by atoms with Crippen molar-refractivity contribution in [3.05, 3.63) is 53.4 Å². The molecule has 0 aromatic heterocycles. The van der Waals surface area contributed by atoms with Gasteiger partial charge in [-0.05, 0) is 19.4 Å². The minimum absolute atomic E-state index is 0.00975. The third-order valence-corrected chi connectivity index (χ3v) is 3.12. The van der Waals surface area contributed by atoms with E-state index in [9.17, 15) is 9.59 Å². The van der Waals surface area contributed by atoms with Gasteiger partial charge in [-0.2, -0.15) is 0 Å². The molecule has 0 radical (unpaired) electrons. The Kier molecular flexibility index (Phi) is 7.24. The van der Waals surface area contributed by atoms with Crippen molar-refractivity contribution in [3.8, 4) is 0 Å². The summed E-state index contributed by atoms with van der Waals surface area (Å²) in [5, 5.41) is 0. The smallest absolute Gasteiger partial charge is 0.343 e. The van der Waals surface area contributed by atoms with Gasteiger partial charge in [0.25, 0.3) is 0 Å². The molecule has 0 aliphatic rings. The molecule has 130 valence electrons. The maximum atomic E-state index is 13.0. The van der Waals surface area contributed by atoms with Crippen molar-refractivity contribution < 1.29 is 14.3 Å². The van der Waals surface area contributed by atoms with Gasteiger partial charge in [0, 0.05) is 46.2 Å². The van der Waals surface area contributed by atoms with Crippen LogP contribution in [0.4, 0.5) is 0 Å². The van der Waals surface area contributed by atoms with Gasteiger partial charge in [-0.25, -0.2) is 4.79 Å². The lowest BCUT2D eigenvalue weighted by atomic mass is 9.97. The molecule has 0 amide bonds. The van der Waals surface area contributed by atoms with Crippen LogP contribution in [0, 0.1) is 6.92 Å².